The summed E-state index contributed by atoms with van der Waals surface area (Å²) < 4.78 is 4.75. The minimum absolute atomic E-state index is 0.220. The quantitative estimate of drug-likeness (QED) is 0.804. The molecule has 1 saturated carbocycles. The number of nitrogens with one attached hydrogen (secondary N) is 1. The van der Waals surface area contributed by atoms with Gasteiger partial charge in [-0.3, -0.25) is 0 Å². The molecule has 1 aliphatic carbocycles. The number of rotatable bonds is 3. The Kier molecular flexibility index (Phi) is 2.57. The second-order valence-electron chi connectivity index (χ2n) is 3.68. The molecule has 3 nitrogen and oxygen atoms in total. The lowest BCUT2D eigenvalue weighted by Crippen LogP contribution is -2.32. The first-order chi connectivity index (χ1) is 7.18. The molecule has 4 heteroatoms. The number of hydrogen-bond donors (Lipinski definition) is 1. The number of methoxy groups -OCH3 is 1. The molecule has 15 heavy (non-hydrogen) atoms. The van der Waals surface area contributed by atoms with Crippen molar-refractivity contribution in [2.75, 3.05) is 12.4 Å². The van der Waals surface area contributed by atoms with Crippen LogP contribution in [-0.4, -0.2) is 18.6 Å². The van der Waals surface area contributed by atoms with Gasteiger partial charge in [-0.25, -0.2) is 4.79 Å². The zero-order valence-electron chi connectivity index (χ0n) is 8.42. The van der Waals surface area contributed by atoms with Gasteiger partial charge in [-0.1, -0.05) is 23.7 Å². The van der Waals surface area contributed by atoms with E-state index in [2.05, 4.69) is 5.32 Å². The van der Waals surface area contributed by atoms with Gasteiger partial charge in [0, 0.05) is 0 Å². The van der Waals surface area contributed by atoms with E-state index in [-0.39, 0.29) is 5.97 Å². The van der Waals surface area contributed by atoms with E-state index in [4.69, 9.17) is 16.3 Å². The highest BCUT2D eigenvalue weighted by Crippen LogP contribution is 2.41. The molecule has 80 valence electrons. The minimum atomic E-state index is -0.542. The number of esters is 1. The van der Waals surface area contributed by atoms with Crippen LogP contribution in [0.5, 0.6) is 0 Å². The van der Waals surface area contributed by atoms with Crippen molar-refractivity contribution in [3.63, 3.8) is 0 Å². The van der Waals surface area contributed by atoms with Crippen molar-refractivity contribution in [3.8, 4) is 0 Å². The summed E-state index contributed by atoms with van der Waals surface area (Å²) in [4.78, 5) is 11.5. The summed E-state index contributed by atoms with van der Waals surface area (Å²) in [5.74, 6) is -0.220. The molecule has 0 bridgehead atoms. The van der Waals surface area contributed by atoms with Gasteiger partial charge in [-0.2, -0.15) is 0 Å². The number of para-hydroxylation sites is 1. The fourth-order valence-electron chi connectivity index (χ4n) is 1.52. The lowest BCUT2D eigenvalue weighted by molar-refractivity contribution is -0.142. The monoisotopic (exact) mass is 225 g/mol. The van der Waals surface area contributed by atoms with Crippen LogP contribution >= 0.6 is 11.6 Å². The van der Waals surface area contributed by atoms with Gasteiger partial charge in [0.15, 0.2) is 0 Å². The lowest BCUT2D eigenvalue weighted by atomic mass is 10.2. The van der Waals surface area contributed by atoms with E-state index in [1.807, 2.05) is 18.2 Å². The molecule has 1 aromatic rings. The first-order valence-electron chi connectivity index (χ1n) is 4.79. The first kappa shape index (κ1) is 10.3. The lowest BCUT2D eigenvalue weighted by Gasteiger charge is -2.16. The van der Waals surface area contributed by atoms with Crippen LogP contribution in [0, 0.1) is 0 Å². The Morgan fingerprint density at radius 3 is 2.67 bits per heavy atom. The molecular weight excluding hydrogens is 214 g/mol. The molecule has 0 amide bonds. The van der Waals surface area contributed by atoms with Crippen LogP contribution in [0.2, 0.25) is 5.02 Å². The van der Waals surface area contributed by atoms with Crippen molar-refractivity contribution in [2.24, 2.45) is 0 Å². The summed E-state index contributed by atoms with van der Waals surface area (Å²) in [5, 5.41) is 3.76. The number of benzene rings is 1. The highest BCUT2D eigenvalue weighted by molar-refractivity contribution is 6.33. The van der Waals surface area contributed by atoms with E-state index in [1.54, 1.807) is 6.07 Å². The Labute approximate surface area is 93.4 Å². The van der Waals surface area contributed by atoms with Crippen LogP contribution < -0.4 is 5.32 Å². The van der Waals surface area contributed by atoms with Crippen LogP contribution in [0.1, 0.15) is 12.8 Å². The van der Waals surface area contributed by atoms with E-state index >= 15 is 0 Å². The van der Waals surface area contributed by atoms with Crippen LogP contribution in [0.25, 0.3) is 0 Å². The van der Waals surface area contributed by atoms with E-state index in [9.17, 15) is 4.79 Å². The maximum Gasteiger partial charge on any atom is 0.331 e. The highest BCUT2D eigenvalue weighted by atomic mass is 35.5. The van der Waals surface area contributed by atoms with Crippen molar-refractivity contribution >= 4 is 23.3 Å². The molecule has 0 atom stereocenters. The summed E-state index contributed by atoms with van der Waals surface area (Å²) >= 11 is 5.99. The fourth-order valence-corrected chi connectivity index (χ4v) is 1.70. The minimum Gasteiger partial charge on any atom is -0.467 e. The zero-order valence-corrected chi connectivity index (χ0v) is 9.17. The Balaban J connectivity index is 2.16. The van der Waals surface area contributed by atoms with E-state index in [1.165, 1.54) is 7.11 Å². The second kappa shape index (κ2) is 3.74. The molecule has 0 spiro atoms. The molecule has 0 heterocycles. The van der Waals surface area contributed by atoms with Gasteiger partial charge in [0.2, 0.25) is 0 Å². The maximum atomic E-state index is 11.5. The number of carbonyl (C=O) groups excluding carboxylic acids is 1. The van der Waals surface area contributed by atoms with Crippen molar-refractivity contribution < 1.29 is 9.53 Å². The normalized spacial score (nSPS) is 16.9. The smallest absolute Gasteiger partial charge is 0.331 e. The van der Waals surface area contributed by atoms with Crippen molar-refractivity contribution in [1.29, 1.82) is 0 Å². The number of hydrogen-bond acceptors (Lipinski definition) is 3. The molecule has 0 aromatic heterocycles. The van der Waals surface area contributed by atoms with Crippen LogP contribution in [-0.2, 0) is 9.53 Å². The molecule has 2 rings (SSSR count). The molecule has 0 radical (unpaired) electrons. The van der Waals surface area contributed by atoms with Crippen LogP contribution in [0.4, 0.5) is 5.69 Å². The first-order valence-corrected chi connectivity index (χ1v) is 5.17. The van der Waals surface area contributed by atoms with E-state index < -0.39 is 5.54 Å². The molecular formula is C11H12ClNO2. The maximum absolute atomic E-state index is 11.5. The standard InChI is InChI=1S/C11H12ClNO2/c1-15-10(14)11(6-7-11)13-9-5-3-2-4-8(9)12/h2-5,13H,6-7H2,1H3. The van der Waals surface area contributed by atoms with Crippen LogP contribution in [0.3, 0.4) is 0 Å². The third-order valence-electron chi connectivity index (χ3n) is 2.57. The molecule has 0 saturated heterocycles. The third-order valence-corrected chi connectivity index (χ3v) is 2.90. The average molecular weight is 226 g/mol. The predicted molar refractivity (Wildman–Crippen MR) is 59.1 cm³/mol. The molecule has 1 aliphatic rings. The Morgan fingerprint density at radius 1 is 1.47 bits per heavy atom. The third kappa shape index (κ3) is 1.92. The Hall–Kier alpha value is -1.22. The summed E-state index contributed by atoms with van der Waals surface area (Å²) in [7, 11) is 1.40. The molecule has 1 N–H and O–H groups in total. The van der Waals surface area contributed by atoms with Gasteiger partial charge < -0.3 is 10.1 Å². The van der Waals surface area contributed by atoms with Gasteiger partial charge in [0.05, 0.1) is 17.8 Å². The van der Waals surface area contributed by atoms with Crippen LogP contribution in [0.15, 0.2) is 24.3 Å². The number of halogens is 1. The fraction of sp³-hybridized carbons (Fsp3) is 0.364. The molecule has 1 aromatic carbocycles. The number of carbonyl (C=O) groups is 1. The Morgan fingerprint density at radius 2 is 2.13 bits per heavy atom. The largest absolute Gasteiger partial charge is 0.467 e. The summed E-state index contributed by atoms with van der Waals surface area (Å²) in [6.07, 6.45) is 1.59. The van der Waals surface area contributed by atoms with E-state index in [0.717, 1.165) is 18.5 Å². The van der Waals surface area contributed by atoms with Gasteiger partial charge >= 0.3 is 5.97 Å². The van der Waals surface area contributed by atoms with Crippen molar-refractivity contribution in [2.45, 2.75) is 18.4 Å². The Bertz CT molecular complexity index is 388. The molecule has 0 unspecified atom stereocenters. The molecule has 0 aliphatic heterocycles. The van der Waals surface area contributed by atoms with Gasteiger partial charge in [-0.15, -0.1) is 0 Å². The summed E-state index contributed by atoms with van der Waals surface area (Å²) in [6.45, 7) is 0. The highest BCUT2D eigenvalue weighted by Gasteiger charge is 2.51. The average Bonchev–Trinajstić information content (AvgIpc) is 3.01. The van der Waals surface area contributed by atoms with Gasteiger partial charge in [-0.05, 0) is 25.0 Å². The van der Waals surface area contributed by atoms with E-state index in [0.29, 0.717) is 5.02 Å². The predicted octanol–water partition coefficient (Wildman–Crippen LogP) is 2.46. The number of anilines is 1. The topological polar surface area (TPSA) is 38.3 Å². The van der Waals surface area contributed by atoms with Gasteiger partial charge in [0.25, 0.3) is 0 Å². The van der Waals surface area contributed by atoms with Crippen molar-refractivity contribution in [1.82, 2.24) is 0 Å². The summed E-state index contributed by atoms with van der Waals surface area (Å²) in [6, 6.07) is 7.37. The molecule has 1 fully saturated rings. The SMILES string of the molecule is COC(=O)C1(Nc2ccccc2Cl)CC1. The summed E-state index contributed by atoms with van der Waals surface area (Å²) in [5.41, 5.74) is 0.238. The second-order valence-corrected chi connectivity index (χ2v) is 4.09. The van der Waals surface area contributed by atoms with Gasteiger partial charge in [0.1, 0.15) is 5.54 Å². The number of ether oxygens (including phenoxy) is 1. The van der Waals surface area contributed by atoms with Crippen molar-refractivity contribution in [3.05, 3.63) is 29.3 Å². The zero-order chi connectivity index (χ0) is 10.9.